The molecule has 2 aromatic rings. The Kier molecular flexibility index (Phi) is 7.20. The van der Waals surface area contributed by atoms with E-state index in [0.717, 1.165) is 24.0 Å². The van der Waals surface area contributed by atoms with Crippen LogP contribution in [0, 0.1) is 0 Å². The number of urea groups is 1. The molecule has 0 radical (unpaired) electrons. The quantitative estimate of drug-likeness (QED) is 0.672. The molecule has 1 saturated carbocycles. The van der Waals surface area contributed by atoms with Crippen LogP contribution < -0.4 is 10.6 Å². The molecule has 0 unspecified atom stereocenters. The molecular formula is C23H29N3O2S. The van der Waals surface area contributed by atoms with Crippen LogP contribution >= 0.6 is 11.8 Å². The van der Waals surface area contributed by atoms with E-state index in [1.807, 2.05) is 43.6 Å². The average Bonchev–Trinajstić information content (AvgIpc) is 3.22. The van der Waals surface area contributed by atoms with Crippen LogP contribution in [0.3, 0.4) is 0 Å². The Hall–Kier alpha value is -2.47. The molecule has 0 saturated heterocycles. The zero-order valence-electron chi connectivity index (χ0n) is 17.1. The fourth-order valence-corrected chi connectivity index (χ4v) is 4.26. The summed E-state index contributed by atoms with van der Waals surface area (Å²) < 4.78 is 0. The number of carbonyl (C=O) groups is 2. The van der Waals surface area contributed by atoms with E-state index in [4.69, 9.17) is 0 Å². The zero-order chi connectivity index (χ0) is 20.7. The number of hydrogen-bond donors (Lipinski definition) is 2. The largest absolute Gasteiger partial charge is 0.339 e. The number of rotatable bonds is 7. The van der Waals surface area contributed by atoms with Gasteiger partial charge in [-0.2, -0.15) is 0 Å². The molecule has 0 aromatic heterocycles. The zero-order valence-corrected chi connectivity index (χ0v) is 17.9. The Labute approximate surface area is 177 Å². The molecule has 1 aliphatic carbocycles. The fourth-order valence-electron chi connectivity index (χ4n) is 3.85. The number of nitrogens with one attached hydrogen (secondary N) is 2. The van der Waals surface area contributed by atoms with Crippen LogP contribution in [0.4, 0.5) is 4.79 Å². The van der Waals surface area contributed by atoms with Gasteiger partial charge in [0.2, 0.25) is 5.91 Å². The van der Waals surface area contributed by atoms with E-state index in [9.17, 15) is 9.59 Å². The van der Waals surface area contributed by atoms with Crippen LogP contribution in [0.1, 0.15) is 36.8 Å². The molecule has 2 N–H and O–H groups in total. The van der Waals surface area contributed by atoms with E-state index in [1.54, 1.807) is 16.7 Å². The van der Waals surface area contributed by atoms with Gasteiger partial charge in [-0.15, -0.1) is 11.8 Å². The maximum atomic E-state index is 13.3. The van der Waals surface area contributed by atoms with E-state index < -0.39 is 5.54 Å². The average molecular weight is 412 g/mol. The maximum Gasteiger partial charge on any atom is 0.315 e. The summed E-state index contributed by atoms with van der Waals surface area (Å²) in [5.74, 6) is -0.0150. The first-order chi connectivity index (χ1) is 14.0. The first-order valence-electron chi connectivity index (χ1n) is 10.0. The summed E-state index contributed by atoms with van der Waals surface area (Å²) in [6.07, 6.45) is 5.30. The summed E-state index contributed by atoms with van der Waals surface area (Å²) in [4.78, 5) is 28.8. The molecule has 1 fully saturated rings. The molecular weight excluding hydrogens is 382 g/mol. The number of benzene rings is 2. The van der Waals surface area contributed by atoms with Crippen molar-refractivity contribution in [3.05, 3.63) is 65.7 Å². The molecule has 6 heteroatoms. The van der Waals surface area contributed by atoms with Gasteiger partial charge in [0.05, 0.1) is 0 Å². The van der Waals surface area contributed by atoms with Crippen LogP contribution in [0.15, 0.2) is 59.5 Å². The Bertz CT molecular complexity index is 818. The summed E-state index contributed by atoms with van der Waals surface area (Å²) in [6, 6.07) is 17.7. The predicted molar refractivity (Wildman–Crippen MR) is 118 cm³/mol. The van der Waals surface area contributed by atoms with Gasteiger partial charge in [0.15, 0.2) is 0 Å². The Balaban J connectivity index is 1.61. The van der Waals surface area contributed by atoms with Gasteiger partial charge in [-0.25, -0.2) is 4.79 Å². The second-order valence-electron chi connectivity index (χ2n) is 7.59. The highest BCUT2D eigenvalue weighted by atomic mass is 32.2. The van der Waals surface area contributed by atoms with Crippen LogP contribution in [0.2, 0.25) is 0 Å². The van der Waals surface area contributed by atoms with Crippen LogP contribution in [-0.2, 0) is 17.9 Å². The second-order valence-corrected chi connectivity index (χ2v) is 8.47. The molecule has 5 nitrogen and oxygen atoms in total. The monoisotopic (exact) mass is 411 g/mol. The van der Waals surface area contributed by atoms with Crippen LogP contribution in [0.5, 0.6) is 0 Å². The van der Waals surface area contributed by atoms with Gasteiger partial charge in [-0.1, -0.05) is 55.3 Å². The Morgan fingerprint density at radius 3 is 2.28 bits per heavy atom. The number of likely N-dealkylation sites (N-methyl/N-ethyl adjacent to an activating group) is 1. The van der Waals surface area contributed by atoms with Gasteiger partial charge < -0.3 is 15.5 Å². The number of carbonyl (C=O) groups excluding carboxylic acids is 2. The number of hydrogen-bond acceptors (Lipinski definition) is 3. The standard InChI is InChI=1S/C23H29N3O2S/c1-26(17-19-10-12-20(29-2)13-11-19)21(27)23(14-6-7-15-23)25-22(28)24-16-18-8-4-3-5-9-18/h3-5,8-13H,6-7,14-17H2,1-2H3,(H2,24,25,28). The van der Waals surface area contributed by atoms with E-state index in [-0.39, 0.29) is 11.9 Å². The minimum Gasteiger partial charge on any atom is -0.339 e. The van der Waals surface area contributed by atoms with Crippen molar-refractivity contribution in [3.8, 4) is 0 Å². The molecule has 0 spiro atoms. The van der Waals surface area contributed by atoms with Gasteiger partial charge in [0.1, 0.15) is 5.54 Å². The lowest BCUT2D eigenvalue weighted by atomic mass is 9.95. The predicted octanol–water partition coefficient (Wildman–Crippen LogP) is 4.18. The van der Waals surface area contributed by atoms with Crippen molar-refractivity contribution < 1.29 is 9.59 Å². The summed E-state index contributed by atoms with van der Waals surface area (Å²) >= 11 is 1.70. The molecule has 3 rings (SSSR count). The molecule has 2 aromatic carbocycles. The third-order valence-electron chi connectivity index (χ3n) is 5.44. The third-order valence-corrected chi connectivity index (χ3v) is 6.18. The summed E-state index contributed by atoms with van der Waals surface area (Å²) in [5.41, 5.74) is 1.30. The van der Waals surface area contributed by atoms with Crippen LogP contribution in [0.25, 0.3) is 0 Å². The van der Waals surface area contributed by atoms with E-state index in [1.165, 1.54) is 4.90 Å². The lowest BCUT2D eigenvalue weighted by Gasteiger charge is -2.33. The molecule has 0 bridgehead atoms. The highest BCUT2D eigenvalue weighted by molar-refractivity contribution is 7.98. The SMILES string of the molecule is CSc1ccc(CN(C)C(=O)C2(NC(=O)NCc3ccccc3)CCCC2)cc1. The number of nitrogens with zero attached hydrogens (tertiary/aromatic N) is 1. The summed E-state index contributed by atoms with van der Waals surface area (Å²) in [6.45, 7) is 0.969. The number of thioether (sulfide) groups is 1. The summed E-state index contributed by atoms with van der Waals surface area (Å²) in [5, 5.41) is 5.89. The van der Waals surface area contributed by atoms with Crippen molar-refractivity contribution in [1.29, 1.82) is 0 Å². The second kappa shape index (κ2) is 9.83. The molecule has 29 heavy (non-hydrogen) atoms. The molecule has 154 valence electrons. The normalized spacial score (nSPS) is 15.0. The minimum atomic E-state index is -0.811. The molecule has 0 aliphatic heterocycles. The van der Waals surface area contributed by atoms with E-state index in [2.05, 4.69) is 34.9 Å². The maximum absolute atomic E-state index is 13.3. The molecule has 0 heterocycles. The van der Waals surface area contributed by atoms with Crippen LogP contribution in [-0.4, -0.2) is 35.7 Å². The van der Waals surface area contributed by atoms with Gasteiger partial charge in [-0.05, 0) is 42.4 Å². The van der Waals surface area contributed by atoms with Crippen molar-refractivity contribution in [2.24, 2.45) is 0 Å². The Morgan fingerprint density at radius 1 is 1.00 bits per heavy atom. The highest BCUT2D eigenvalue weighted by Gasteiger charge is 2.44. The topological polar surface area (TPSA) is 61.4 Å². The van der Waals surface area contributed by atoms with Crippen molar-refractivity contribution in [1.82, 2.24) is 15.5 Å². The van der Waals surface area contributed by atoms with Gasteiger partial charge >= 0.3 is 6.03 Å². The summed E-state index contributed by atoms with van der Waals surface area (Å²) in [7, 11) is 1.81. The number of amides is 3. The smallest absolute Gasteiger partial charge is 0.315 e. The minimum absolute atomic E-state index is 0.0150. The third kappa shape index (κ3) is 5.54. The first kappa shape index (κ1) is 21.2. The van der Waals surface area contributed by atoms with Crippen molar-refractivity contribution >= 4 is 23.7 Å². The van der Waals surface area contributed by atoms with E-state index in [0.29, 0.717) is 25.9 Å². The highest BCUT2D eigenvalue weighted by Crippen LogP contribution is 2.31. The first-order valence-corrected chi connectivity index (χ1v) is 11.2. The van der Waals surface area contributed by atoms with Crippen molar-refractivity contribution in [3.63, 3.8) is 0 Å². The van der Waals surface area contributed by atoms with Gasteiger partial charge in [0.25, 0.3) is 0 Å². The van der Waals surface area contributed by atoms with Gasteiger partial charge in [-0.3, -0.25) is 4.79 Å². The lowest BCUT2D eigenvalue weighted by Crippen LogP contribution is -2.59. The molecule has 0 atom stereocenters. The van der Waals surface area contributed by atoms with Crippen molar-refractivity contribution in [2.45, 2.75) is 49.2 Å². The van der Waals surface area contributed by atoms with Crippen molar-refractivity contribution in [2.75, 3.05) is 13.3 Å². The fraction of sp³-hybridized carbons (Fsp3) is 0.391. The van der Waals surface area contributed by atoms with Gasteiger partial charge in [0, 0.05) is 25.0 Å². The molecule has 1 aliphatic rings. The Morgan fingerprint density at radius 2 is 1.66 bits per heavy atom. The molecule has 3 amide bonds. The lowest BCUT2D eigenvalue weighted by molar-refractivity contribution is -0.137. The van der Waals surface area contributed by atoms with E-state index >= 15 is 0 Å².